The van der Waals surface area contributed by atoms with Crippen LogP contribution in [-0.4, -0.2) is 27.7 Å². The van der Waals surface area contributed by atoms with Crippen molar-refractivity contribution >= 4 is 34.1 Å². The normalized spacial score (nSPS) is 15.1. The number of alkyl halides is 1. The van der Waals surface area contributed by atoms with E-state index in [2.05, 4.69) is 34.6 Å². The Balaban J connectivity index is 1.30. The molecule has 2 aromatic carbocycles. The van der Waals surface area contributed by atoms with E-state index in [0.717, 1.165) is 73.2 Å². The molecule has 1 aliphatic carbocycles. The van der Waals surface area contributed by atoms with Gasteiger partial charge in [0, 0.05) is 24.6 Å². The van der Waals surface area contributed by atoms with Gasteiger partial charge in [-0.15, -0.1) is 11.6 Å². The molecule has 0 aliphatic heterocycles. The molecular weight excluding hydrogens is 408 g/mol. The van der Waals surface area contributed by atoms with Crippen LogP contribution < -0.4 is 5.32 Å². The fraction of sp³-hybridized carbons (Fsp3) is 0.400. The van der Waals surface area contributed by atoms with Gasteiger partial charge in [0.25, 0.3) is 0 Å². The number of nitrogens with one attached hydrogen (secondary N) is 2. The Bertz CT molecular complexity index is 1080. The van der Waals surface area contributed by atoms with Crippen molar-refractivity contribution in [3.63, 3.8) is 0 Å². The number of aromatic amines is 1. The molecule has 1 aromatic heterocycles. The van der Waals surface area contributed by atoms with E-state index < -0.39 is 0 Å². The van der Waals surface area contributed by atoms with Gasteiger partial charge in [-0.25, -0.2) is 4.98 Å². The number of Topliss-reactive ketones (excluding diaryl/α,β-unsaturated/α-hetero) is 1. The highest BCUT2D eigenvalue weighted by atomic mass is 35.5. The van der Waals surface area contributed by atoms with Crippen LogP contribution in [0.5, 0.6) is 0 Å². The van der Waals surface area contributed by atoms with Crippen molar-refractivity contribution in [1.29, 1.82) is 5.26 Å². The number of halogens is 1. The predicted octanol–water partition coefficient (Wildman–Crippen LogP) is 5.39. The molecule has 3 aromatic rings. The van der Waals surface area contributed by atoms with E-state index in [0.29, 0.717) is 12.0 Å². The molecule has 0 radical (unpaired) electrons. The zero-order chi connectivity index (χ0) is 21.6. The number of nitrogens with zero attached hydrogens (tertiary/aromatic N) is 2. The molecular formula is C25H27ClN4O. The second kappa shape index (κ2) is 9.98. The number of carbonyl (C=O) groups is 1. The average molecular weight is 435 g/mol. The molecule has 0 spiro atoms. The fourth-order valence-electron chi connectivity index (χ4n) is 4.27. The summed E-state index contributed by atoms with van der Waals surface area (Å²) in [7, 11) is 0. The van der Waals surface area contributed by atoms with E-state index in [1.165, 1.54) is 0 Å². The minimum atomic E-state index is -0.387. The van der Waals surface area contributed by atoms with Crippen LogP contribution in [0.3, 0.4) is 0 Å². The van der Waals surface area contributed by atoms with E-state index in [4.69, 9.17) is 21.8 Å². The smallest absolute Gasteiger partial charge is 0.153 e. The Kier molecular flexibility index (Phi) is 6.89. The van der Waals surface area contributed by atoms with Crippen molar-refractivity contribution in [3.8, 4) is 6.07 Å². The van der Waals surface area contributed by atoms with Gasteiger partial charge in [-0.05, 0) is 67.6 Å². The van der Waals surface area contributed by atoms with Crippen LogP contribution in [0.2, 0.25) is 0 Å². The molecule has 6 heteroatoms. The van der Waals surface area contributed by atoms with Crippen molar-refractivity contribution < 1.29 is 4.79 Å². The molecule has 1 unspecified atom stereocenters. The number of aryl methyl sites for hydroxylation is 1. The average Bonchev–Trinajstić information content (AvgIpc) is 3.47. The van der Waals surface area contributed by atoms with Crippen LogP contribution in [0, 0.1) is 17.2 Å². The first-order valence-electron chi connectivity index (χ1n) is 11.0. The van der Waals surface area contributed by atoms with Crippen molar-refractivity contribution in [2.45, 2.75) is 50.3 Å². The van der Waals surface area contributed by atoms with E-state index in [9.17, 15) is 4.79 Å². The molecule has 2 N–H and O–H groups in total. The van der Waals surface area contributed by atoms with Gasteiger partial charge in [0.2, 0.25) is 0 Å². The monoisotopic (exact) mass is 434 g/mol. The maximum Gasteiger partial charge on any atom is 0.153 e. The second-order valence-electron chi connectivity index (χ2n) is 8.29. The number of fused-ring (bicyclic) bond motifs is 1. The molecule has 1 fully saturated rings. The minimum Gasteiger partial charge on any atom is -0.385 e. The van der Waals surface area contributed by atoms with Gasteiger partial charge in [0.15, 0.2) is 5.78 Å². The first kappa shape index (κ1) is 21.4. The predicted molar refractivity (Wildman–Crippen MR) is 124 cm³/mol. The molecule has 0 bridgehead atoms. The lowest BCUT2D eigenvalue weighted by molar-refractivity contribution is -0.122. The van der Waals surface area contributed by atoms with Crippen LogP contribution in [0.25, 0.3) is 11.0 Å². The molecule has 1 heterocycles. The van der Waals surface area contributed by atoms with Crippen LogP contribution in [-0.2, 0) is 17.6 Å². The summed E-state index contributed by atoms with van der Waals surface area (Å²) in [6, 6.07) is 15.8. The summed E-state index contributed by atoms with van der Waals surface area (Å²) in [6.45, 7) is 0.746. The van der Waals surface area contributed by atoms with Gasteiger partial charge in [0.05, 0.1) is 28.0 Å². The Morgan fingerprint density at radius 2 is 1.97 bits per heavy atom. The van der Waals surface area contributed by atoms with E-state index in [-0.39, 0.29) is 17.1 Å². The third-order valence-electron chi connectivity index (χ3n) is 6.05. The van der Waals surface area contributed by atoms with Crippen molar-refractivity contribution in [2.24, 2.45) is 5.92 Å². The van der Waals surface area contributed by atoms with Gasteiger partial charge < -0.3 is 10.3 Å². The van der Waals surface area contributed by atoms with E-state index in [1.807, 2.05) is 12.1 Å². The summed E-state index contributed by atoms with van der Waals surface area (Å²) in [6.07, 6.45) is 6.54. The summed E-state index contributed by atoms with van der Waals surface area (Å²) in [5, 5.41) is 11.8. The number of carbonyl (C=O) groups excluding carboxylic acids is 1. The van der Waals surface area contributed by atoms with Crippen LogP contribution in [0.1, 0.15) is 49.1 Å². The van der Waals surface area contributed by atoms with Gasteiger partial charge in [-0.3, -0.25) is 4.79 Å². The standard InChI is InChI=1S/C25H27ClN4O/c26-21(25(31)19-3-1-2-4-19)11-7-17-8-12-22-23(15-17)30-24(29-22)13-14-28-20-9-5-18(16-27)6-10-20/h5-6,8-10,12,15,19,21,28H,1-4,7,11,13-14H2,(H,29,30). The van der Waals surface area contributed by atoms with Crippen LogP contribution in [0.15, 0.2) is 42.5 Å². The molecule has 0 amide bonds. The number of aromatic nitrogens is 2. The highest BCUT2D eigenvalue weighted by Crippen LogP contribution is 2.29. The van der Waals surface area contributed by atoms with Crippen molar-refractivity contribution in [3.05, 3.63) is 59.4 Å². The number of nitriles is 1. The molecule has 1 saturated carbocycles. The maximum atomic E-state index is 12.4. The second-order valence-corrected chi connectivity index (χ2v) is 8.82. The van der Waals surface area contributed by atoms with Gasteiger partial charge in [-0.2, -0.15) is 5.26 Å². The summed E-state index contributed by atoms with van der Waals surface area (Å²) in [5.41, 5.74) is 4.76. The Labute approximate surface area is 187 Å². The van der Waals surface area contributed by atoms with Crippen LogP contribution in [0.4, 0.5) is 5.69 Å². The van der Waals surface area contributed by atoms with E-state index in [1.54, 1.807) is 12.1 Å². The first-order valence-corrected chi connectivity index (χ1v) is 11.5. The molecule has 31 heavy (non-hydrogen) atoms. The lowest BCUT2D eigenvalue weighted by Gasteiger charge is -2.13. The molecule has 0 saturated heterocycles. The highest BCUT2D eigenvalue weighted by molar-refractivity contribution is 6.31. The lowest BCUT2D eigenvalue weighted by atomic mass is 9.96. The largest absolute Gasteiger partial charge is 0.385 e. The number of benzene rings is 2. The number of imidazole rings is 1. The molecule has 1 aliphatic rings. The fourth-order valence-corrected chi connectivity index (χ4v) is 4.55. The first-order chi connectivity index (χ1) is 15.1. The third-order valence-corrected chi connectivity index (χ3v) is 6.49. The SMILES string of the molecule is N#Cc1ccc(NCCc2nc3cc(CCC(Cl)C(=O)C4CCCC4)ccc3[nH]2)cc1. The van der Waals surface area contributed by atoms with Crippen LogP contribution >= 0.6 is 11.6 Å². The quantitative estimate of drug-likeness (QED) is 0.442. The van der Waals surface area contributed by atoms with Gasteiger partial charge in [-0.1, -0.05) is 18.9 Å². The highest BCUT2D eigenvalue weighted by Gasteiger charge is 2.27. The summed E-state index contributed by atoms with van der Waals surface area (Å²) >= 11 is 6.41. The number of anilines is 1. The van der Waals surface area contributed by atoms with Crippen molar-refractivity contribution in [2.75, 3.05) is 11.9 Å². The Hall–Kier alpha value is -2.84. The molecule has 5 nitrogen and oxygen atoms in total. The Morgan fingerprint density at radius 3 is 2.71 bits per heavy atom. The molecule has 4 rings (SSSR count). The topological polar surface area (TPSA) is 81.6 Å². The zero-order valence-corrected chi connectivity index (χ0v) is 18.3. The number of ketones is 1. The maximum absolute atomic E-state index is 12.4. The summed E-state index contributed by atoms with van der Waals surface area (Å²) < 4.78 is 0. The van der Waals surface area contributed by atoms with Gasteiger partial charge in [0.1, 0.15) is 5.82 Å². The summed E-state index contributed by atoms with van der Waals surface area (Å²) in [5.74, 6) is 1.34. The number of H-pyrrole nitrogens is 1. The zero-order valence-electron chi connectivity index (χ0n) is 17.5. The Morgan fingerprint density at radius 1 is 1.19 bits per heavy atom. The third kappa shape index (κ3) is 5.45. The van der Waals surface area contributed by atoms with Crippen molar-refractivity contribution in [1.82, 2.24) is 9.97 Å². The minimum absolute atomic E-state index is 0.178. The molecule has 160 valence electrons. The number of rotatable bonds is 9. The number of hydrogen-bond donors (Lipinski definition) is 2. The number of hydrogen-bond acceptors (Lipinski definition) is 4. The molecule has 1 atom stereocenters. The summed E-state index contributed by atoms with van der Waals surface area (Å²) in [4.78, 5) is 20.5. The van der Waals surface area contributed by atoms with E-state index >= 15 is 0 Å². The van der Waals surface area contributed by atoms with Gasteiger partial charge >= 0.3 is 0 Å². The lowest BCUT2D eigenvalue weighted by Crippen LogP contribution is -2.22.